The Balaban J connectivity index is 1.63. The molecule has 0 spiro atoms. The van der Waals surface area contributed by atoms with Gasteiger partial charge < -0.3 is 28.6 Å². The monoisotopic (exact) mass is 506 g/mol. The van der Waals surface area contributed by atoms with Crippen molar-refractivity contribution in [1.29, 1.82) is 0 Å². The molecule has 0 amide bonds. The standard InChI is InChI=1S/C30H38N2O5/c1-22(31-17-19-32(20-18-31)26-13-9-10-14-27(26)33-2)24-11-7-8-12-25(24)30(36-5,37-6)23-15-16-28(34-3)29(21-23)35-4/h7-16,21-22H,17-20H2,1-6H3. The number of methoxy groups -OCH3 is 5. The van der Waals surface area contributed by atoms with Crippen LogP contribution in [0.4, 0.5) is 5.69 Å². The van der Waals surface area contributed by atoms with Gasteiger partial charge in [0.25, 0.3) is 0 Å². The molecule has 1 heterocycles. The first kappa shape index (κ1) is 26.8. The van der Waals surface area contributed by atoms with E-state index in [9.17, 15) is 0 Å². The first-order valence-corrected chi connectivity index (χ1v) is 12.6. The van der Waals surface area contributed by atoms with Crippen molar-refractivity contribution in [2.45, 2.75) is 18.8 Å². The van der Waals surface area contributed by atoms with Crippen molar-refractivity contribution in [2.75, 3.05) is 66.6 Å². The van der Waals surface area contributed by atoms with Crippen LogP contribution in [0.1, 0.15) is 29.7 Å². The molecule has 0 radical (unpaired) electrons. The Morgan fingerprint density at radius 1 is 0.676 bits per heavy atom. The van der Waals surface area contributed by atoms with Crippen LogP contribution in [0.15, 0.2) is 66.7 Å². The quantitative estimate of drug-likeness (QED) is 0.355. The maximum absolute atomic E-state index is 6.15. The van der Waals surface area contributed by atoms with Gasteiger partial charge in [0.15, 0.2) is 11.5 Å². The lowest BCUT2D eigenvalue weighted by atomic mass is 9.89. The van der Waals surface area contributed by atoms with Gasteiger partial charge in [0, 0.05) is 57.6 Å². The van der Waals surface area contributed by atoms with Crippen LogP contribution in [-0.4, -0.2) is 66.6 Å². The number of anilines is 1. The van der Waals surface area contributed by atoms with Gasteiger partial charge >= 0.3 is 0 Å². The highest BCUT2D eigenvalue weighted by atomic mass is 16.7. The molecule has 1 saturated heterocycles. The second-order valence-electron chi connectivity index (χ2n) is 9.05. The molecular formula is C30H38N2O5. The van der Waals surface area contributed by atoms with E-state index in [1.165, 1.54) is 0 Å². The van der Waals surface area contributed by atoms with E-state index in [0.717, 1.165) is 54.3 Å². The van der Waals surface area contributed by atoms with E-state index in [0.29, 0.717) is 11.5 Å². The van der Waals surface area contributed by atoms with Gasteiger partial charge in [-0.3, -0.25) is 4.90 Å². The summed E-state index contributed by atoms with van der Waals surface area (Å²) in [7, 11) is 8.33. The van der Waals surface area contributed by atoms with Crippen LogP contribution in [0.2, 0.25) is 0 Å². The van der Waals surface area contributed by atoms with Gasteiger partial charge in [-0.25, -0.2) is 0 Å². The smallest absolute Gasteiger partial charge is 0.222 e. The van der Waals surface area contributed by atoms with Crippen LogP contribution in [0, 0.1) is 0 Å². The van der Waals surface area contributed by atoms with E-state index in [-0.39, 0.29) is 6.04 Å². The van der Waals surface area contributed by atoms with E-state index in [4.69, 9.17) is 23.7 Å². The Morgan fingerprint density at radius 3 is 1.95 bits per heavy atom. The van der Waals surface area contributed by atoms with Gasteiger partial charge in [0.2, 0.25) is 5.79 Å². The predicted molar refractivity (Wildman–Crippen MR) is 146 cm³/mol. The third-order valence-corrected chi connectivity index (χ3v) is 7.39. The first-order chi connectivity index (χ1) is 18.0. The Kier molecular flexibility index (Phi) is 8.59. The fourth-order valence-corrected chi connectivity index (χ4v) is 5.33. The van der Waals surface area contributed by atoms with Crippen LogP contribution in [0.5, 0.6) is 17.2 Å². The van der Waals surface area contributed by atoms with Crippen LogP contribution in [-0.2, 0) is 15.3 Å². The zero-order valence-electron chi connectivity index (χ0n) is 22.7. The van der Waals surface area contributed by atoms with E-state index >= 15 is 0 Å². The van der Waals surface area contributed by atoms with Gasteiger partial charge in [-0.05, 0) is 42.8 Å². The van der Waals surface area contributed by atoms with E-state index in [2.05, 4.69) is 47.1 Å². The topological polar surface area (TPSA) is 52.6 Å². The number of nitrogens with zero attached hydrogens (tertiary/aromatic N) is 2. The fraction of sp³-hybridized carbons (Fsp3) is 0.400. The number of benzene rings is 3. The molecule has 198 valence electrons. The van der Waals surface area contributed by atoms with E-state index in [1.807, 2.05) is 36.4 Å². The number of rotatable bonds is 10. The Morgan fingerprint density at radius 2 is 1.30 bits per heavy atom. The SMILES string of the molecule is COc1ccc(C(OC)(OC)c2ccccc2C(C)N2CCN(c3ccccc3OC)CC2)cc1OC. The molecule has 3 aromatic carbocycles. The summed E-state index contributed by atoms with van der Waals surface area (Å²) in [6.07, 6.45) is 0. The predicted octanol–water partition coefficient (Wildman–Crippen LogP) is 5.09. The van der Waals surface area contributed by atoms with Crippen molar-refractivity contribution in [1.82, 2.24) is 4.90 Å². The molecule has 1 aliphatic rings. The molecule has 7 heteroatoms. The van der Waals surface area contributed by atoms with Crippen LogP contribution < -0.4 is 19.1 Å². The molecule has 3 aromatic rings. The lowest BCUT2D eigenvalue weighted by molar-refractivity contribution is -0.184. The summed E-state index contributed by atoms with van der Waals surface area (Å²) in [6.45, 7) is 5.94. The van der Waals surface area contributed by atoms with Crippen LogP contribution in [0.25, 0.3) is 0 Å². The van der Waals surface area contributed by atoms with Gasteiger partial charge in [-0.15, -0.1) is 0 Å². The lowest BCUT2D eigenvalue weighted by Crippen LogP contribution is -2.47. The summed E-state index contributed by atoms with van der Waals surface area (Å²) in [5.74, 6) is 1.08. The van der Waals surface area contributed by atoms with Crippen molar-refractivity contribution in [3.05, 3.63) is 83.4 Å². The molecule has 7 nitrogen and oxygen atoms in total. The Bertz CT molecular complexity index is 1170. The number of para-hydroxylation sites is 2. The average Bonchev–Trinajstić information content (AvgIpc) is 2.98. The molecule has 1 fully saturated rings. The number of hydrogen-bond donors (Lipinski definition) is 0. The highest BCUT2D eigenvalue weighted by Crippen LogP contribution is 2.42. The van der Waals surface area contributed by atoms with Crippen molar-refractivity contribution in [3.63, 3.8) is 0 Å². The number of ether oxygens (including phenoxy) is 5. The van der Waals surface area contributed by atoms with Crippen LogP contribution >= 0.6 is 0 Å². The minimum absolute atomic E-state index is 0.154. The molecule has 37 heavy (non-hydrogen) atoms. The molecule has 0 saturated carbocycles. The molecule has 0 aromatic heterocycles. The summed E-state index contributed by atoms with van der Waals surface area (Å²) in [4.78, 5) is 4.90. The largest absolute Gasteiger partial charge is 0.495 e. The third kappa shape index (κ3) is 5.12. The lowest BCUT2D eigenvalue weighted by Gasteiger charge is -2.41. The normalized spacial score (nSPS) is 15.4. The molecule has 1 unspecified atom stereocenters. The van der Waals surface area contributed by atoms with E-state index < -0.39 is 5.79 Å². The van der Waals surface area contributed by atoms with Gasteiger partial charge in [-0.2, -0.15) is 0 Å². The summed E-state index contributed by atoms with van der Waals surface area (Å²) < 4.78 is 28.9. The minimum Gasteiger partial charge on any atom is -0.495 e. The Hall–Kier alpha value is -3.26. The van der Waals surface area contributed by atoms with E-state index in [1.54, 1.807) is 35.5 Å². The zero-order valence-corrected chi connectivity index (χ0v) is 22.7. The number of piperazine rings is 1. The van der Waals surface area contributed by atoms with Gasteiger partial charge in [0.1, 0.15) is 5.75 Å². The Labute approximate surface area is 220 Å². The first-order valence-electron chi connectivity index (χ1n) is 12.6. The van der Waals surface area contributed by atoms with Crippen molar-refractivity contribution < 1.29 is 23.7 Å². The minimum atomic E-state index is -1.11. The summed E-state index contributed by atoms with van der Waals surface area (Å²) in [5.41, 5.74) is 4.10. The maximum Gasteiger partial charge on any atom is 0.222 e. The second kappa shape index (κ2) is 11.9. The molecular weight excluding hydrogens is 468 g/mol. The zero-order chi connectivity index (χ0) is 26.4. The molecule has 1 atom stereocenters. The van der Waals surface area contributed by atoms with Crippen LogP contribution in [0.3, 0.4) is 0 Å². The summed E-state index contributed by atoms with van der Waals surface area (Å²) >= 11 is 0. The second-order valence-corrected chi connectivity index (χ2v) is 9.05. The van der Waals surface area contributed by atoms with Gasteiger partial charge in [-0.1, -0.05) is 36.4 Å². The molecule has 0 N–H and O–H groups in total. The third-order valence-electron chi connectivity index (χ3n) is 7.39. The molecule has 0 aliphatic carbocycles. The van der Waals surface area contributed by atoms with Crippen molar-refractivity contribution in [2.24, 2.45) is 0 Å². The van der Waals surface area contributed by atoms with Crippen molar-refractivity contribution in [3.8, 4) is 17.2 Å². The fourth-order valence-electron chi connectivity index (χ4n) is 5.33. The van der Waals surface area contributed by atoms with Crippen molar-refractivity contribution >= 4 is 5.69 Å². The number of hydrogen-bond acceptors (Lipinski definition) is 7. The molecule has 4 rings (SSSR count). The summed E-state index contributed by atoms with van der Waals surface area (Å²) in [6, 6.07) is 22.5. The maximum atomic E-state index is 6.15. The average molecular weight is 507 g/mol. The molecule has 1 aliphatic heterocycles. The highest BCUT2D eigenvalue weighted by Gasteiger charge is 2.39. The highest BCUT2D eigenvalue weighted by molar-refractivity contribution is 5.58. The summed E-state index contributed by atoms with van der Waals surface area (Å²) in [5, 5.41) is 0. The van der Waals surface area contributed by atoms with Gasteiger partial charge in [0.05, 0.1) is 27.0 Å². The molecule has 0 bridgehead atoms.